The Balaban J connectivity index is 1.97. The van der Waals surface area contributed by atoms with E-state index in [1.54, 1.807) is 12.1 Å². The molecule has 0 amide bonds. The fraction of sp³-hybridized carbons (Fsp3) is 0.0667. The van der Waals surface area contributed by atoms with Gasteiger partial charge in [0.1, 0.15) is 0 Å². The van der Waals surface area contributed by atoms with Crippen molar-refractivity contribution in [2.24, 2.45) is 0 Å². The zero-order chi connectivity index (χ0) is 13.2. The third kappa shape index (κ3) is 2.51. The Hall–Kier alpha value is -2.13. The van der Waals surface area contributed by atoms with Crippen LogP contribution >= 0.6 is 11.6 Å². The summed E-state index contributed by atoms with van der Waals surface area (Å²) in [7, 11) is 0. The van der Waals surface area contributed by atoms with Crippen LogP contribution in [0, 0.1) is 6.92 Å². The van der Waals surface area contributed by atoms with E-state index >= 15 is 0 Å². The van der Waals surface area contributed by atoms with E-state index < -0.39 is 0 Å². The standard InChI is InChI=1S/C15H11ClN2O/c1-10-3-2-4-12(9-10)14-17-15(19-18-14)11-5-7-13(16)8-6-11/h2-9H,1H3. The number of halogens is 1. The van der Waals surface area contributed by atoms with Crippen LogP contribution in [0.2, 0.25) is 5.02 Å². The summed E-state index contributed by atoms with van der Waals surface area (Å²) >= 11 is 5.85. The number of aryl methyl sites for hydroxylation is 1. The van der Waals surface area contributed by atoms with Gasteiger partial charge in [-0.3, -0.25) is 0 Å². The molecule has 2 aromatic carbocycles. The van der Waals surface area contributed by atoms with Crippen molar-refractivity contribution in [2.75, 3.05) is 0 Å². The third-order valence-corrected chi connectivity index (χ3v) is 3.05. The average Bonchev–Trinajstić information content (AvgIpc) is 2.89. The van der Waals surface area contributed by atoms with E-state index in [-0.39, 0.29) is 0 Å². The predicted molar refractivity (Wildman–Crippen MR) is 74.9 cm³/mol. The Morgan fingerprint density at radius 3 is 2.53 bits per heavy atom. The summed E-state index contributed by atoms with van der Waals surface area (Å²) in [6.45, 7) is 2.03. The largest absolute Gasteiger partial charge is 0.334 e. The van der Waals surface area contributed by atoms with Crippen molar-refractivity contribution in [1.29, 1.82) is 0 Å². The normalized spacial score (nSPS) is 10.6. The fourth-order valence-electron chi connectivity index (χ4n) is 1.83. The predicted octanol–water partition coefficient (Wildman–Crippen LogP) is 4.37. The van der Waals surface area contributed by atoms with Crippen molar-refractivity contribution >= 4 is 11.6 Å². The molecule has 19 heavy (non-hydrogen) atoms. The first-order chi connectivity index (χ1) is 9.22. The Morgan fingerprint density at radius 1 is 1.00 bits per heavy atom. The maximum absolute atomic E-state index is 5.85. The molecule has 0 aliphatic carbocycles. The van der Waals surface area contributed by atoms with Crippen LogP contribution in [0.5, 0.6) is 0 Å². The number of nitrogens with zero attached hydrogens (tertiary/aromatic N) is 2. The van der Waals surface area contributed by atoms with Crippen LogP contribution in [0.3, 0.4) is 0 Å². The van der Waals surface area contributed by atoms with Crippen molar-refractivity contribution in [3.63, 3.8) is 0 Å². The number of hydrogen-bond donors (Lipinski definition) is 0. The first kappa shape index (κ1) is 11.9. The highest BCUT2D eigenvalue weighted by molar-refractivity contribution is 6.30. The second kappa shape index (κ2) is 4.86. The molecule has 0 bridgehead atoms. The summed E-state index contributed by atoms with van der Waals surface area (Å²) in [6, 6.07) is 15.3. The molecule has 0 aliphatic rings. The maximum Gasteiger partial charge on any atom is 0.258 e. The molecule has 0 saturated heterocycles. The van der Waals surface area contributed by atoms with Crippen LogP contribution in [-0.2, 0) is 0 Å². The van der Waals surface area contributed by atoms with Gasteiger partial charge < -0.3 is 4.52 Å². The van der Waals surface area contributed by atoms with Crippen molar-refractivity contribution in [3.05, 3.63) is 59.1 Å². The molecular formula is C15H11ClN2O. The van der Waals surface area contributed by atoms with E-state index in [9.17, 15) is 0 Å². The molecule has 0 radical (unpaired) electrons. The zero-order valence-electron chi connectivity index (χ0n) is 10.3. The van der Waals surface area contributed by atoms with E-state index in [0.29, 0.717) is 16.7 Å². The molecule has 3 aromatic rings. The minimum Gasteiger partial charge on any atom is -0.334 e. The maximum atomic E-state index is 5.85. The highest BCUT2D eigenvalue weighted by Gasteiger charge is 2.10. The Bertz CT molecular complexity index is 704. The number of aromatic nitrogens is 2. The second-order valence-corrected chi connectivity index (χ2v) is 4.74. The summed E-state index contributed by atoms with van der Waals surface area (Å²) in [6.07, 6.45) is 0. The monoisotopic (exact) mass is 270 g/mol. The number of hydrogen-bond acceptors (Lipinski definition) is 3. The quantitative estimate of drug-likeness (QED) is 0.694. The molecule has 0 saturated carbocycles. The van der Waals surface area contributed by atoms with Gasteiger partial charge in [-0.15, -0.1) is 0 Å². The van der Waals surface area contributed by atoms with Gasteiger partial charge in [0, 0.05) is 16.1 Å². The lowest BCUT2D eigenvalue weighted by atomic mass is 10.1. The number of benzene rings is 2. The summed E-state index contributed by atoms with van der Waals surface area (Å²) in [4.78, 5) is 4.40. The fourth-order valence-corrected chi connectivity index (χ4v) is 1.96. The lowest BCUT2D eigenvalue weighted by Crippen LogP contribution is -1.82. The lowest BCUT2D eigenvalue weighted by molar-refractivity contribution is 0.432. The summed E-state index contributed by atoms with van der Waals surface area (Å²) in [5.41, 5.74) is 2.97. The first-order valence-electron chi connectivity index (χ1n) is 5.89. The van der Waals surface area contributed by atoms with Crippen LogP contribution < -0.4 is 0 Å². The van der Waals surface area contributed by atoms with Gasteiger partial charge in [-0.25, -0.2) is 0 Å². The second-order valence-electron chi connectivity index (χ2n) is 4.30. The van der Waals surface area contributed by atoms with E-state index in [1.165, 1.54) is 0 Å². The van der Waals surface area contributed by atoms with Crippen molar-refractivity contribution in [1.82, 2.24) is 10.1 Å². The molecule has 3 rings (SSSR count). The first-order valence-corrected chi connectivity index (χ1v) is 6.27. The van der Waals surface area contributed by atoms with E-state index in [0.717, 1.165) is 16.7 Å². The molecule has 4 heteroatoms. The molecule has 1 aromatic heterocycles. The zero-order valence-corrected chi connectivity index (χ0v) is 11.1. The summed E-state index contributed by atoms with van der Waals surface area (Å²) in [5.74, 6) is 1.09. The van der Waals surface area contributed by atoms with E-state index in [2.05, 4.69) is 10.1 Å². The minimum absolute atomic E-state index is 0.494. The smallest absolute Gasteiger partial charge is 0.258 e. The molecule has 0 N–H and O–H groups in total. The molecular weight excluding hydrogens is 260 g/mol. The van der Waals surface area contributed by atoms with Gasteiger partial charge in [0.25, 0.3) is 5.89 Å². The van der Waals surface area contributed by atoms with Gasteiger partial charge in [0.05, 0.1) is 0 Å². The van der Waals surface area contributed by atoms with Crippen LogP contribution in [0.15, 0.2) is 53.1 Å². The van der Waals surface area contributed by atoms with Gasteiger partial charge in [-0.2, -0.15) is 4.98 Å². The molecule has 3 nitrogen and oxygen atoms in total. The highest BCUT2D eigenvalue weighted by Crippen LogP contribution is 2.23. The highest BCUT2D eigenvalue weighted by atomic mass is 35.5. The Morgan fingerprint density at radius 2 is 1.79 bits per heavy atom. The third-order valence-electron chi connectivity index (χ3n) is 2.79. The van der Waals surface area contributed by atoms with E-state index in [1.807, 2.05) is 43.3 Å². The summed E-state index contributed by atoms with van der Waals surface area (Å²) < 4.78 is 5.28. The van der Waals surface area contributed by atoms with Crippen LogP contribution in [0.25, 0.3) is 22.8 Å². The van der Waals surface area contributed by atoms with Gasteiger partial charge >= 0.3 is 0 Å². The van der Waals surface area contributed by atoms with E-state index in [4.69, 9.17) is 16.1 Å². The molecule has 94 valence electrons. The van der Waals surface area contributed by atoms with Crippen molar-refractivity contribution in [2.45, 2.75) is 6.92 Å². The average molecular weight is 271 g/mol. The van der Waals surface area contributed by atoms with Crippen LogP contribution in [0.4, 0.5) is 0 Å². The molecule has 0 spiro atoms. The molecule has 0 unspecified atom stereocenters. The number of rotatable bonds is 2. The van der Waals surface area contributed by atoms with Crippen molar-refractivity contribution in [3.8, 4) is 22.8 Å². The van der Waals surface area contributed by atoms with Gasteiger partial charge in [0.15, 0.2) is 0 Å². The minimum atomic E-state index is 0.494. The lowest BCUT2D eigenvalue weighted by Gasteiger charge is -1.95. The Labute approximate surface area is 115 Å². The van der Waals surface area contributed by atoms with Gasteiger partial charge in [0.2, 0.25) is 5.82 Å². The molecule has 0 atom stereocenters. The molecule has 1 heterocycles. The SMILES string of the molecule is Cc1cccc(-c2noc(-c3ccc(Cl)cc3)n2)c1. The molecule has 0 aliphatic heterocycles. The van der Waals surface area contributed by atoms with Crippen LogP contribution in [0.1, 0.15) is 5.56 Å². The van der Waals surface area contributed by atoms with Crippen molar-refractivity contribution < 1.29 is 4.52 Å². The topological polar surface area (TPSA) is 38.9 Å². The van der Waals surface area contributed by atoms with Gasteiger partial charge in [-0.1, -0.05) is 40.5 Å². The Kier molecular flexibility index (Phi) is 3.05. The van der Waals surface area contributed by atoms with Crippen LogP contribution in [-0.4, -0.2) is 10.1 Å². The molecule has 0 fully saturated rings. The van der Waals surface area contributed by atoms with Gasteiger partial charge in [-0.05, 0) is 37.3 Å². The summed E-state index contributed by atoms with van der Waals surface area (Å²) in [5, 5.41) is 4.69.